The van der Waals surface area contributed by atoms with Gasteiger partial charge in [-0.1, -0.05) is 20.3 Å². The van der Waals surface area contributed by atoms with Gasteiger partial charge in [-0.05, 0) is 19.8 Å². The molecule has 0 bridgehead atoms. The number of hydrogen-bond donors (Lipinski definition) is 3. The number of rotatable bonds is 6. The molecule has 1 unspecified atom stereocenters. The van der Waals surface area contributed by atoms with Crippen LogP contribution in [-0.4, -0.2) is 28.3 Å². The molecule has 1 rings (SSSR count). The van der Waals surface area contributed by atoms with Crippen LogP contribution in [0.15, 0.2) is 5.38 Å². The summed E-state index contributed by atoms with van der Waals surface area (Å²) in [6.07, 6.45) is 2.62. The maximum Gasteiger partial charge on any atom is 0.321 e. The Labute approximate surface area is 112 Å². The molecule has 0 saturated carbocycles. The maximum atomic E-state index is 11.7. The van der Waals surface area contributed by atoms with Crippen LogP contribution >= 0.6 is 11.3 Å². The molecule has 1 aromatic heterocycles. The van der Waals surface area contributed by atoms with Gasteiger partial charge in [0.15, 0.2) is 5.13 Å². The molecule has 0 aliphatic carbocycles. The Balaban J connectivity index is 2.53. The van der Waals surface area contributed by atoms with Gasteiger partial charge in [0.25, 0.3) is 0 Å². The molecule has 1 atom stereocenters. The average Bonchev–Trinajstić information content (AvgIpc) is 2.76. The molecule has 6 heteroatoms. The number of anilines is 1. The second-order valence-corrected chi connectivity index (χ2v) is 5.40. The SMILES string of the molecule is CCCc1csc(NC(=O)NC(C)(CC)CO)n1. The van der Waals surface area contributed by atoms with E-state index in [0.29, 0.717) is 11.6 Å². The number of nitrogens with zero attached hydrogens (tertiary/aromatic N) is 1. The van der Waals surface area contributed by atoms with Crippen LogP contribution in [0.2, 0.25) is 0 Å². The van der Waals surface area contributed by atoms with Crippen LogP contribution in [0.4, 0.5) is 9.93 Å². The van der Waals surface area contributed by atoms with E-state index >= 15 is 0 Å². The minimum atomic E-state index is -0.590. The third-order valence-corrected chi connectivity index (χ3v) is 3.63. The minimum Gasteiger partial charge on any atom is -0.394 e. The van der Waals surface area contributed by atoms with E-state index in [1.54, 1.807) is 6.92 Å². The van der Waals surface area contributed by atoms with Crippen LogP contribution in [0.3, 0.4) is 0 Å². The van der Waals surface area contributed by atoms with E-state index in [2.05, 4.69) is 22.5 Å². The van der Waals surface area contributed by atoms with Gasteiger partial charge in [-0.15, -0.1) is 11.3 Å². The molecule has 2 amide bonds. The van der Waals surface area contributed by atoms with Crippen LogP contribution in [0.1, 0.15) is 39.3 Å². The first-order valence-corrected chi connectivity index (χ1v) is 7.05. The lowest BCUT2D eigenvalue weighted by molar-refractivity contribution is 0.172. The second kappa shape index (κ2) is 6.70. The number of carbonyl (C=O) groups is 1. The zero-order valence-corrected chi connectivity index (χ0v) is 11.9. The Kier molecular flexibility index (Phi) is 5.55. The molecule has 1 heterocycles. The van der Waals surface area contributed by atoms with Gasteiger partial charge in [-0.2, -0.15) is 0 Å². The lowest BCUT2D eigenvalue weighted by Crippen LogP contribution is -2.50. The summed E-state index contributed by atoms with van der Waals surface area (Å²) >= 11 is 1.41. The van der Waals surface area contributed by atoms with Gasteiger partial charge in [-0.3, -0.25) is 5.32 Å². The highest BCUT2D eigenvalue weighted by molar-refractivity contribution is 7.13. The summed E-state index contributed by atoms with van der Waals surface area (Å²) in [5.41, 5.74) is 0.409. The molecule has 18 heavy (non-hydrogen) atoms. The molecule has 0 fully saturated rings. The number of hydrogen-bond acceptors (Lipinski definition) is 4. The van der Waals surface area contributed by atoms with E-state index in [1.807, 2.05) is 12.3 Å². The highest BCUT2D eigenvalue weighted by Crippen LogP contribution is 2.17. The van der Waals surface area contributed by atoms with Crippen molar-refractivity contribution < 1.29 is 9.90 Å². The van der Waals surface area contributed by atoms with Gasteiger partial charge in [0.2, 0.25) is 0 Å². The van der Waals surface area contributed by atoms with Gasteiger partial charge >= 0.3 is 6.03 Å². The fraction of sp³-hybridized carbons (Fsp3) is 0.667. The molecule has 5 nitrogen and oxygen atoms in total. The van der Waals surface area contributed by atoms with E-state index < -0.39 is 5.54 Å². The maximum absolute atomic E-state index is 11.7. The van der Waals surface area contributed by atoms with Crippen molar-refractivity contribution >= 4 is 22.5 Å². The Hall–Kier alpha value is -1.14. The van der Waals surface area contributed by atoms with Crippen LogP contribution in [0.25, 0.3) is 0 Å². The quantitative estimate of drug-likeness (QED) is 0.743. The monoisotopic (exact) mass is 271 g/mol. The number of nitrogens with one attached hydrogen (secondary N) is 2. The standard InChI is InChI=1S/C12H21N3O2S/c1-4-6-9-7-18-11(13-9)14-10(17)15-12(3,5-2)8-16/h7,16H,4-6,8H2,1-3H3,(H2,13,14,15,17). The second-order valence-electron chi connectivity index (χ2n) is 4.55. The summed E-state index contributed by atoms with van der Waals surface area (Å²) < 4.78 is 0. The Morgan fingerprint density at radius 2 is 2.28 bits per heavy atom. The van der Waals surface area contributed by atoms with E-state index in [-0.39, 0.29) is 12.6 Å². The summed E-state index contributed by atoms with van der Waals surface area (Å²) in [5.74, 6) is 0. The Morgan fingerprint density at radius 3 is 2.83 bits per heavy atom. The molecule has 102 valence electrons. The third kappa shape index (κ3) is 4.27. The lowest BCUT2D eigenvalue weighted by Gasteiger charge is -2.26. The molecule has 0 aliphatic heterocycles. The van der Waals surface area contributed by atoms with E-state index in [4.69, 9.17) is 0 Å². The molecule has 0 aliphatic rings. The van der Waals surface area contributed by atoms with Crippen LogP contribution < -0.4 is 10.6 Å². The van der Waals surface area contributed by atoms with E-state index in [1.165, 1.54) is 11.3 Å². The number of carbonyl (C=O) groups excluding carboxylic acids is 1. The minimum absolute atomic E-state index is 0.0874. The van der Waals surface area contributed by atoms with Crippen molar-refractivity contribution in [3.05, 3.63) is 11.1 Å². The van der Waals surface area contributed by atoms with Crippen LogP contribution in [-0.2, 0) is 6.42 Å². The lowest BCUT2D eigenvalue weighted by atomic mass is 10.0. The first kappa shape index (κ1) is 14.9. The highest BCUT2D eigenvalue weighted by Gasteiger charge is 2.23. The van der Waals surface area contributed by atoms with Crippen molar-refractivity contribution in [3.8, 4) is 0 Å². The molecule has 3 N–H and O–H groups in total. The number of thiazole rings is 1. The first-order chi connectivity index (χ1) is 8.53. The highest BCUT2D eigenvalue weighted by atomic mass is 32.1. The van der Waals surface area contributed by atoms with Crippen molar-refractivity contribution in [3.63, 3.8) is 0 Å². The van der Waals surface area contributed by atoms with Crippen LogP contribution in [0.5, 0.6) is 0 Å². The van der Waals surface area contributed by atoms with E-state index in [9.17, 15) is 9.90 Å². The molecule has 0 aromatic carbocycles. The zero-order valence-electron chi connectivity index (χ0n) is 11.1. The van der Waals surface area contributed by atoms with Crippen LogP contribution in [0, 0.1) is 0 Å². The topological polar surface area (TPSA) is 74.2 Å². The fourth-order valence-corrected chi connectivity index (χ4v) is 2.12. The first-order valence-electron chi connectivity index (χ1n) is 6.17. The summed E-state index contributed by atoms with van der Waals surface area (Å²) in [6.45, 7) is 5.72. The van der Waals surface area contributed by atoms with Gasteiger partial charge in [0.1, 0.15) is 0 Å². The molecular weight excluding hydrogens is 250 g/mol. The van der Waals surface area contributed by atoms with Crippen molar-refractivity contribution in [2.45, 2.75) is 45.6 Å². The van der Waals surface area contributed by atoms with E-state index in [0.717, 1.165) is 18.5 Å². The van der Waals surface area contributed by atoms with Crippen molar-refractivity contribution in [2.24, 2.45) is 0 Å². The third-order valence-electron chi connectivity index (χ3n) is 2.82. The number of urea groups is 1. The van der Waals surface area contributed by atoms with Crippen molar-refractivity contribution in [1.29, 1.82) is 0 Å². The largest absolute Gasteiger partial charge is 0.394 e. The number of amides is 2. The number of aliphatic hydroxyl groups excluding tert-OH is 1. The summed E-state index contributed by atoms with van der Waals surface area (Å²) in [4.78, 5) is 16.1. The number of aliphatic hydroxyl groups is 1. The summed E-state index contributed by atoms with van der Waals surface area (Å²) in [6, 6.07) is -0.328. The normalized spacial score (nSPS) is 14.0. The molecule has 0 spiro atoms. The molecular formula is C12H21N3O2S. The predicted octanol–water partition coefficient (Wildman–Crippen LogP) is 2.38. The Morgan fingerprint density at radius 1 is 1.56 bits per heavy atom. The summed E-state index contributed by atoms with van der Waals surface area (Å²) in [5, 5.41) is 17.2. The molecule has 1 aromatic rings. The van der Waals surface area contributed by atoms with Gasteiger partial charge in [-0.25, -0.2) is 9.78 Å². The average molecular weight is 271 g/mol. The molecule has 0 radical (unpaired) electrons. The Bertz CT molecular complexity index is 388. The van der Waals surface area contributed by atoms with Gasteiger partial charge in [0, 0.05) is 5.38 Å². The molecule has 0 saturated heterocycles. The number of aryl methyl sites for hydroxylation is 1. The van der Waals surface area contributed by atoms with Gasteiger partial charge < -0.3 is 10.4 Å². The van der Waals surface area contributed by atoms with Crippen molar-refractivity contribution in [2.75, 3.05) is 11.9 Å². The number of aromatic nitrogens is 1. The zero-order chi connectivity index (χ0) is 13.6. The van der Waals surface area contributed by atoms with Gasteiger partial charge in [0.05, 0.1) is 17.8 Å². The smallest absolute Gasteiger partial charge is 0.321 e. The summed E-state index contributed by atoms with van der Waals surface area (Å²) in [7, 11) is 0. The van der Waals surface area contributed by atoms with Crippen molar-refractivity contribution in [1.82, 2.24) is 10.3 Å². The predicted molar refractivity (Wildman–Crippen MR) is 74.0 cm³/mol. The fourth-order valence-electron chi connectivity index (χ4n) is 1.38.